The minimum atomic E-state index is -3.04. The molecular formula is C26H26F4N4O4S. The molecule has 4 heterocycles. The molecule has 5 rings (SSSR count). The van der Waals surface area contributed by atoms with Crippen molar-refractivity contribution in [1.29, 1.82) is 0 Å². The lowest BCUT2D eigenvalue weighted by Gasteiger charge is -2.40. The quantitative estimate of drug-likeness (QED) is 0.382. The number of rotatable bonds is 7. The summed E-state index contributed by atoms with van der Waals surface area (Å²) in [5.74, 6) is -7.14. The second-order valence-electron chi connectivity index (χ2n) is 10.0. The number of aliphatic imine (C=N–C) groups is 1. The second-order valence-corrected chi connectivity index (χ2v) is 10.9. The Bertz CT molecular complexity index is 1360. The van der Waals surface area contributed by atoms with E-state index in [4.69, 9.17) is 4.74 Å². The van der Waals surface area contributed by atoms with Crippen molar-refractivity contribution < 1.29 is 37.0 Å². The Kier molecular flexibility index (Phi) is 7.23. The van der Waals surface area contributed by atoms with Crippen molar-refractivity contribution in [3.8, 4) is 0 Å². The Morgan fingerprint density at radius 2 is 2.05 bits per heavy atom. The van der Waals surface area contributed by atoms with Crippen LogP contribution in [0.4, 0.5) is 17.6 Å². The van der Waals surface area contributed by atoms with Gasteiger partial charge < -0.3 is 15.2 Å². The lowest BCUT2D eigenvalue weighted by molar-refractivity contribution is -0.139. The number of hydrogen-bond acceptors (Lipinski definition) is 8. The van der Waals surface area contributed by atoms with E-state index < -0.39 is 54.0 Å². The van der Waals surface area contributed by atoms with Crippen LogP contribution < -0.4 is 5.32 Å². The number of carboxylic acid groups (broad SMARTS) is 1. The van der Waals surface area contributed by atoms with Crippen molar-refractivity contribution in [3.05, 3.63) is 62.7 Å². The molecule has 1 aromatic carbocycles. The summed E-state index contributed by atoms with van der Waals surface area (Å²) < 4.78 is 63.8. The molecule has 3 aliphatic heterocycles. The average molecular weight is 567 g/mol. The Balaban J connectivity index is 1.59. The number of hydrogen-bond donors (Lipinski definition) is 2. The van der Waals surface area contributed by atoms with Gasteiger partial charge in [0.05, 0.1) is 18.7 Å². The van der Waals surface area contributed by atoms with E-state index in [1.165, 1.54) is 24.3 Å². The van der Waals surface area contributed by atoms with Crippen molar-refractivity contribution in [2.75, 3.05) is 13.7 Å². The standard InChI is InChI=1S/C26H26F4N4O4S/c1-12-15(3-4-16(27)21(12)28)22-20(25(37)38-2)17(32-23(33-22)24-31-5-6-39-24)11-34-14-7-13(9-19(35)36)8-18(34)26(29,30)10-14/h3-6,13-14,18,22H,7-11H2,1-2H3,(H,32,33)(H,35,36)/t13-,14-,18-,22+/m1/s1. The van der Waals surface area contributed by atoms with Gasteiger partial charge in [-0.15, -0.1) is 11.3 Å². The third-order valence-electron chi connectivity index (χ3n) is 7.67. The molecule has 0 unspecified atom stereocenters. The van der Waals surface area contributed by atoms with Gasteiger partial charge in [0, 0.05) is 42.7 Å². The zero-order valence-electron chi connectivity index (χ0n) is 21.1. The number of carboxylic acids is 1. The maximum atomic E-state index is 15.1. The molecule has 2 fully saturated rings. The van der Waals surface area contributed by atoms with Gasteiger partial charge >= 0.3 is 11.9 Å². The van der Waals surface area contributed by atoms with Crippen LogP contribution in [0.1, 0.15) is 47.9 Å². The maximum absolute atomic E-state index is 15.1. The zero-order chi connectivity index (χ0) is 28.1. The molecule has 2 aromatic rings. The molecule has 0 aliphatic carbocycles. The van der Waals surface area contributed by atoms with Gasteiger partial charge in [-0.1, -0.05) is 6.07 Å². The largest absolute Gasteiger partial charge is 0.481 e. The van der Waals surface area contributed by atoms with E-state index in [1.807, 2.05) is 0 Å². The van der Waals surface area contributed by atoms with Crippen LogP contribution in [0, 0.1) is 24.5 Å². The lowest BCUT2D eigenvalue weighted by Crippen LogP contribution is -2.50. The van der Waals surface area contributed by atoms with Crippen LogP contribution in [0.25, 0.3) is 0 Å². The molecule has 2 N–H and O–H groups in total. The molecule has 0 saturated carbocycles. The van der Waals surface area contributed by atoms with Crippen LogP contribution in [0.3, 0.4) is 0 Å². The Morgan fingerprint density at radius 3 is 2.69 bits per heavy atom. The number of ether oxygens (including phenoxy) is 1. The summed E-state index contributed by atoms with van der Waals surface area (Å²) in [5, 5.41) is 14.5. The van der Waals surface area contributed by atoms with E-state index in [0.717, 1.165) is 13.2 Å². The molecule has 0 amide bonds. The molecule has 3 aliphatic rings. The molecule has 1 aromatic heterocycles. The molecule has 13 heteroatoms. The minimum Gasteiger partial charge on any atom is -0.481 e. The number of halogens is 4. The first-order chi connectivity index (χ1) is 18.5. The molecule has 0 radical (unpaired) electrons. The Labute approximate surface area is 225 Å². The van der Waals surface area contributed by atoms with Crippen molar-refractivity contribution in [1.82, 2.24) is 15.2 Å². The fourth-order valence-electron chi connectivity index (χ4n) is 5.93. The van der Waals surface area contributed by atoms with Crippen molar-refractivity contribution in [2.24, 2.45) is 10.9 Å². The van der Waals surface area contributed by atoms with Crippen molar-refractivity contribution >= 4 is 29.1 Å². The van der Waals surface area contributed by atoms with E-state index in [9.17, 15) is 23.5 Å². The molecule has 2 bridgehead atoms. The van der Waals surface area contributed by atoms with Crippen LogP contribution in [0.15, 0.2) is 40.0 Å². The minimum absolute atomic E-state index is 0.00419. The third kappa shape index (κ3) is 5.05. The number of aliphatic carboxylic acids is 1. The second kappa shape index (κ2) is 10.3. The highest BCUT2D eigenvalue weighted by molar-refractivity contribution is 7.11. The van der Waals surface area contributed by atoms with Gasteiger partial charge in [-0.05, 0) is 42.9 Å². The number of nitrogens with one attached hydrogen (secondary N) is 1. The number of benzene rings is 1. The first kappa shape index (κ1) is 27.3. The molecule has 39 heavy (non-hydrogen) atoms. The zero-order valence-corrected chi connectivity index (χ0v) is 21.9. The highest BCUT2D eigenvalue weighted by atomic mass is 32.1. The van der Waals surface area contributed by atoms with Crippen LogP contribution in [0.2, 0.25) is 0 Å². The predicted octanol–water partition coefficient (Wildman–Crippen LogP) is 4.21. The molecule has 8 nitrogen and oxygen atoms in total. The van der Waals surface area contributed by atoms with Crippen LogP contribution >= 0.6 is 11.3 Å². The highest BCUT2D eigenvalue weighted by Gasteiger charge is 2.57. The predicted molar refractivity (Wildman–Crippen MR) is 133 cm³/mol. The molecule has 0 spiro atoms. The number of piperidine rings is 1. The van der Waals surface area contributed by atoms with E-state index in [-0.39, 0.29) is 60.0 Å². The van der Waals surface area contributed by atoms with Gasteiger partial charge in [-0.2, -0.15) is 0 Å². The van der Waals surface area contributed by atoms with Crippen LogP contribution in [0.5, 0.6) is 0 Å². The van der Waals surface area contributed by atoms with E-state index in [2.05, 4.69) is 15.3 Å². The number of alkyl halides is 2. The summed E-state index contributed by atoms with van der Waals surface area (Å²) >= 11 is 1.25. The molecule has 208 valence electrons. The number of esters is 1. The van der Waals surface area contributed by atoms with Gasteiger partial charge in [0.15, 0.2) is 22.5 Å². The first-order valence-corrected chi connectivity index (χ1v) is 13.2. The molecule has 4 atom stereocenters. The Morgan fingerprint density at radius 1 is 1.28 bits per heavy atom. The summed E-state index contributed by atoms with van der Waals surface area (Å²) in [5.41, 5.74) is 0.393. The number of aromatic nitrogens is 1. The number of carbonyl (C=O) groups is 2. The summed E-state index contributed by atoms with van der Waals surface area (Å²) in [6, 6.07) is -0.671. The van der Waals surface area contributed by atoms with Gasteiger partial charge in [-0.3, -0.25) is 14.7 Å². The van der Waals surface area contributed by atoms with Gasteiger partial charge in [0.25, 0.3) is 5.92 Å². The van der Waals surface area contributed by atoms with Crippen LogP contribution in [-0.2, 0) is 14.3 Å². The first-order valence-electron chi connectivity index (χ1n) is 12.4. The van der Waals surface area contributed by atoms with Gasteiger partial charge in [0.1, 0.15) is 6.04 Å². The summed E-state index contributed by atoms with van der Waals surface area (Å²) in [6.07, 6.45) is 1.21. The fraction of sp³-hybridized carbons (Fsp3) is 0.462. The number of nitrogens with zero attached hydrogens (tertiary/aromatic N) is 3. The summed E-state index contributed by atoms with van der Waals surface area (Å²) in [7, 11) is 1.16. The SMILES string of the molecule is COC(=O)C1=C(CN2[C@@H]3C[C@@H](CC(=O)O)C[C@@H]2C(F)(F)C3)NC(c2nccs2)=N[C@H]1c1ccc(F)c(F)c1C. The normalized spacial score (nSPS) is 26.3. The number of carbonyl (C=O) groups excluding carboxylic acids is 1. The van der Waals surface area contributed by atoms with Crippen molar-refractivity contribution in [2.45, 2.75) is 56.7 Å². The third-order valence-corrected chi connectivity index (χ3v) is 8.45. The maximum Gasteiger partial charge on any atom is 0.338 e. The number of fused-ring (bicyclic) bond motifs is 2. The molecular weight excluding hydrogens is 540 g/mol. The lowest BCUT2D eigenvalue weighted by atomic mass is 9.87. The van der Waals surface area contributed by atoms with Gasteiger partial charge in [-0.25, -0.2) is 27.3 Å². The fourth-order valence-corrected chi connectivity index (χ4v) is 6.52. The molecule has 2 saturated heterocycles. The van der Waals surface area contributed by atoms with Gasteiger partial charge in [0.2, 0.25) is 0 Å². The number of amidine groups is 1. The van der Waals surface area contributed by atoms with E-state index in [1.54, 1.807) is 16.5 Å². The van der Waals surface area contributed by atoms with E-state index in [0.29, 0.717) is 5.01 Å². The number of methoxy groups -OCH3 is 1. The van der Waals surface area contributed by atoms with Crippen LogP contribution in [-0.4, -0.2) is 64.4 Å². The smallest absolute Gasteiger partial charge is 0.338 e. The summed E-state index contributed by atoms with van der Waals surface area (Å²) in [6.45, 7) is 1.26. The Hall–Kier alpha value is -3.32. The number of thiazole rings is 1. The highest BCUT2D eigenvalue weighted by Crippen LogP contribution is 2.49. The van der Waals surface area contributed by atoms with Crippen molar-refractivity contribution in [3.63, 3.8) is 0 Å². The van der Waals surface area contributed by atoms with E-state index >= 15 is 8.78 Å². The topological polar surface area (TPSA) is 104 Å². The monoisotopic (exact) mass is 566 g/mol. The average Bonchev–Trinajstić information content (AvgIpc) is 3.46. The summed E-state index contributed by atoms with van der Waals surface area (Å²) in [4.78, 5) is 34.9.